The van der Waals surface area contributed by atoms with Crippen LogP contribution < -0.4 is 0 Å². The molecule has 1 rings (SSSR count). The third kappa shape index (κ3) is 3.77. The fourth-order valence-electron chi connectivity index (χ4n) is 1.19. The Bertz CT molecular complexity index is 307. The molecule has 0 atom stereocenters. The van der Waals surface area contributed by atoms with Crippen molar-refractivity contribution in [1.29, 1.82) is 0 Å². The molecule has 88 valence electrons. The smallest absolute Gasteiger partial charge is 0.306 e. The van der Waals surface area contributed by atoms with Crippen LogP contribution in [0.3, 0.4) is 0 Å². The fourth-order valence-corrected chi connectivity index (χ4v) is 2.46. The summed E-state index contributed by atoms with van der Waals surface area (Å²) in [6.45, 7) is 2.72. The van der Waals surface area contributed by atoms with Crippen LogP contribution in [-0.2, 0) is 24.4 Å². The highest BCUT2D eigenvalue weighted by atomic mass is 32.2. The van der Waals surface area contributed by atoms with Crippen LogP contribution in [0.1, 0.15) is 19.8 Å². The van der Waals surface area contributed by atoms with Gasteiger partial charge in [-0.2, -0.15) is 0 Å². The average Bonchev–Trinajstić information content (AvgIpc) is 2.69. The molecule has 0 aliphatic carbocycles. The number of sulfonamides is 1. The molecule has 1 fully saturated rings. The molecule has 15 heavy (non-hydrogen) atoms. The normalized spacial score (nSPS) is 17.9. The van der Waals surface area contributed by atoms with E-state index in [9.17, 15) is 13.2 Å². The molecule has 1 heterocycles. The molecule has 1 aliphatic rings. The van der Waals surface area contributed by atoms with Crippen LogP contribution in [0.2, 0.25) is 0 Å². The van der Waals surface area contributed by atoms with Crippen molar-refractivity contribution in [2.45, 2.75) is 19.8 Å². The summed E-state index contributed by atoms with van der Waals surface area (Å²) in [7, 11) is -3.46. The van der Waals surface area contributed by atoms with E-state index < -0.39 is 16.0 Å². The van der Waals surface area contributed by atoms with Crippen molar-refractivity contribution in [3.8, 4) is 0 Å². The molecular formula is C8H15NO5S. The Labute approximate surface area is 89.2 Å². The van der Waals surface area contributed by atoms with Crippen molar-refractivity contribution in [2.75, 3.05) is 25.5 Å². The summed E-state index contributed by atoms with van der Waals surface area (Å²) in [6.07, 6.45) is 0.564. The minimum atomic E-state index is -3.46. The summed E-state index contributed by atoms with van der Waals surface area (Å²) < 4.78 is 28.7. The highest BCUT2D eigenvalue weighted by Gasteiger charge is 2.27. The van der Waals surface area contributed by atoms with Crippen molar-refractivity contribution in [2.24, 2.45) is 0 Å². The maximum absolute atomic E-state index is 11.5. The number of hydrogen-bond acceptors (Lipinski definition) is 5. The number of hydroxylamine groups is 1. The zero-order valence-electron chi connectivity index (χ0n) is 8.64. The molecule has 7 heteroatoms. The zero-order chi connectivity index (χ0) is 11.3. The van der Waals surface area contributed by atoms with Gasteiger partial charge in [-0.05, 0) is 13.3 Å². The Kier molecular flexibility index (Phi) is 4.49. The fraction of sp³-hybridized carbons (Fsp3) is 0.875. The molecule has 0 N–H and O–H groups in total. The van der Waals surface area contributed by atoms with Crippen molar-refractivity contribution >= 4 is 16.0 Å². The molecule has 0 aromatic rings. The monoisotopic (exact) mass is 237 g/mol. The zero-order valence-corrected chi connectivity index (χ0v) is 9.46. The molecular weight excluding hydrogens is 222 g/mol. The number of carbonyl (C=O) groups is 1. The quantitative estimate of drug-likeness (QED) is 0.625. The lowest BCUT2D eigenvalue weighted by molar-refractivity contribution is -0.142. The summed E-state index contributed by atoms with van der Waals surface area (Å²) in [4.78, 5) is 15.9. The average molecular weight is 237 g/mol. The van der Waals surface area contributed by atoms with Crippen LogP contribution in [0.5, 0.6) is 0 Å². The van der Waals surface area contributed by atoms with Gasteiger partial charge in [-0.1, -0.05) is 4.47 Å². The largest absolute Gasteiger partial charge is 0.466 e. The van der Waals surface area contributed by atoms with Crippen LogP contribution >= 0.6 is 0 Å². The van der Waals surface area contributed by atoms with Gasteiger partial charge in [0.2, 0.25) is 10.0 Å². The van der Waals surface area contributed by atoms with Crippen LogP contribution in [0, 0.1) is 0 Å². The molecule has 6 nitrogen and oxygen atoms in total. The first-order chi connectivity index (χ1) is 7.06. The summed E-state index contributed by atoms with van der Waals surface area (Å²) in [5.74, 6) is -0.758. The number of hydrogen-bond donors (Lipinski definition) is 0. The maximum Gasteiger partial charge on any atom is 0.306 e. The molecule has 1 aliphatic heterocycles. The van der Waals surface area contributed by atoms with E-state index in [1.54, 1.807) is 6.92 Å². The molecule has 0 radical (unpaired) electrons. The van der Waals surface area contributed by atoms with Crippen LogP contribution in [0.25, 0.3) is 0 Å². The maximum atomic E-state index is 11.5. The SMILES string of the molecule is CCOC(=O)CCS(=O)(=O)N1CCCO1. The second kappa shape index (κ2) is 5.43. The lowest BCUT2D eigenvalue weighted by Crippen LogP contribution is -2.30. The van der Waals surface area contributed by atoms with Gasteiger partial charge < -0.3 is 4.74 Å². The lowest BCUT2D eigenvalue weighted by atomic mass is 10.5. The second-order valence-corrected chi connectivity index (χ2v) is 5.06. The first-order valence-electron chi connectivity index (χ1n) is 4.85. The van der Waals surface area contributed by atoms with Gasteiger partial charge in [0.25, 0.3) is 0 Å². The predicted octanol–water partition coefficient (Wildman–Crippen LogP) is -0.0933. The van der Waals surface area contributed by atoms with Gasteiger partial charge in [0.15, 0.2) is 0 Å². The van der Waals surface area contributed by atoms with Crippen molar-refractivity contribution in [3.63, 3.8) is 0 Å². The van der Waals surface area contributed by atoms with Gasteiger partial charge in [-0.3, -0.25) is 9.63 Å². The molecule has 0 unspecified atom stereocenters. The second-order valence-electron chi connectivity index (χ2n) is 3.08. The van der Waals surface area contributed by atoms with E-state index in [1.165, 1.54) is 0 Å². The highest BCUT2D eigenvalue weighted by Crippen LogP contribution is 2.11. The van der Waals surface area contributed by atoms with Gasteiger partial charge in [0.1, 0.15) is 0 Å². The van der Waals surface area contributed by atoms with E-state index in [2.05, 4.69) is 4.74 Å². The van der Waals surface area contributed by atoms with Crippen LogP contribution in [-0.4, -0.2) is 44.4 Å². The van der Waals surface area contributed by atoms with Crippen molar-refractivity contribution in [3.05, 3.63) is 0 Å². The number of esters is 1. The first kappa shape index (κ1) is 12.4. The molecule has 0 saturated carbocycles. The van der Waals surface area contributed by atoms with E-state index in [0.717, 1.165) is 4.47 Å². The Hall–Kier alpha value is -0.660. The Balaban J connectivity index is 2.39. The highest BCUT2D eigenvalue weighted by molar-refractivity contribution is 7.88. The van der Waals surface area contributed by atoms with E-state index >= 15 is 0 Å². The molecule has 0 aromatic heterocycles. The Morgan fingerprint density at radius 2 is 2.27 bits per heavy atom. The summed E-state index contributed by atoms with van der Waals surface area (Å²) in [5, 5.41) is 0. The van der Waals surface area contributed by atoms with Gasteiger partial charge in [-0.15, -0.1) is 0 Å². The van der Waals surface area contributed by atoms with Crippen LogP contribution in [0.4, 0.5) is 0 Å². The van der Waals surface area contributed by atoms with Gasteiger partial charge in [0.05, 0.1) is 25.4 Å². The first-order valence-corrected chi connectivity index (χ1v) is 6.46. The standard InChI is InChI=1S/C8H15NO5S/c1-2-13-8(10)4-7-15(11,12)9-5-3-6-14-9/h2-7H2,1H3. The summed E-state index contributed by atoms with van der Waals surface area (Å²) in [5.41, 5.74) is 0. The molecule has 0 aromatic carbocycles. The topological polar surface area (TPSA) is 72.9 Å². The van der Waals surface area contributed by atoms with Gasteiger partial charge >= 0.3 is 5.97 Å². The number of nitrogens with zero attached hydrogens (tertiary/aromatic N) is 1. The minimum Gasteiger partial charge on any atom is -0.466 e. The lowest BCUT2D eigenvalue weighted by Gasteiger charge is -2.13. The third-order valence-corrected chi connectivity index (χ3v) is 3.53. The number of rotatable bonds is 5. The van der Waals surface area contributed by atoms with E-state index in [1.807, 2.05) is 0 Å². The molecule has 0 bridgehead atoms. The summed E-state index contributed by atoms with van der Waals surface area (Å²) in [6, 6.07) is 0. The van der Waals surface area contributed by atoms with Gasteiger partial charge in [0, 0.05) is 6.54 Å². The minimum absolute atomic E-state index is 0.129. The number of carbonyl (C=O) groups excluding carboxylic acids is 1. The van der Waals surface area contributed by atoms with Crippen molar-refractivity contribution < 1.29 is 22.8 Å². The van der Waals surface area contributed by atoms with Crippen molar-refractivity contribution in [1.82, 2.24) is 4.47 Å². The van der Waals surface area contributed by atoms with E-state index in [4.69, 9.17) is 4.84 Å². The Morgan fingerprint density at radius 3 is 2.80 bits per heavy atom. The molecule has 0 amide bonds. The van der Waals surface area contributed by atoms with E-state index in [-0.39, 0.29) is 18.8 Å². The third-order valence-electron chi connectivity index (χ3n) is 1.90. The summed E-state index contributed by atoms with van der Waals surface area (Å²) >= 11 is 0. The van der Waals surface area contributed by atoms with Crippen LogP contribution in [0.15, 0.2) is 0 Å². The number of ether oxygens (including phenoxy) is 1. The van der Waals surface area contributed by atoms with Gasteiger partial charge in [-0.25, -0.2) is 8.42 Å². The molecule has 1 saturated heterocycles. The Morgan fingerprint density at radius 1 is 1.53 bits per heavy atom. The van der Waals surface area contributed by atoms with E-state index in [0.29, 0.717) is 19.6 Å². The molecule has 0 spiro atoms. The predicted molar refractivity (Wildman–Crippen MR) is 52.3 cm³/mol.